The van der Waals surface area contributed by atoms with Gasteiger partial charge in [0.15, 0.2) is 0 Å². The van der Waals surface area contributed by atoms with Crippen molar-refractivity contribution in [3.8, 4) is 0 Å². The average molecular weight is 438 g/mol. The van der Waals surface area contributed by atoms with Gasteiger partial charge in [0.05, 0.1) is 4.90 Å². The number of rotatable bonds is 8. The third-order valence-corrected chi connectivity index (χ3v) is 7.79. The van der Waals surface area contributed by atoms with Gasteiger partial charge in [-0.1, -0.05) is 37.5 Å². The van der Waals surface area contributed by atoms with Crippen molar-refractivity contribution in [1.82, 2.24) is 14.9 Å². The van der Waals surface area contributed by atoms with Gasteiger partial charge in [-0.15, -0.1) is 0 Å². The Morgan fingerprint density at radius 1 is 1.03 bits per heavy atom. The lowest BCUT2D eigenvalue weighted by Gasteiger charge is -2.35. The molecule has 168 valence electrons. The van der Waals surface area contributed by atoms with Crippen molar-refractivity contribution in [2.75, 3.05) is 19.6 Å². The molecule has 1 aromatic rings. The monoisotopic (exact) mass is 437 g/mol. The SMILES string of the molecule is CCCCNC(=O)C(=O)NCC[C@@H]1CCCCN1S(=O)(=O)c1c(C)cc(C)cc1C. The van der Waals surface area contributed by atoms with Crippen LogP contribution in [0, 0.1) is 20.8 Å². The normalized spacial score (nSPS) is 17.5. The van der Waals surface area contributed by atoms with Crippen molar-refractivity contribution in [3.05, 3.63) is 28.8 Å². The zero-order valence-corrected chi connectivity index (χ0v) is 19.4. The van der Waals surface area contributed by atoms with Crippen molar-refractivity contribution >= 4 is 21.8 Å². The van der Waals surface area contributed by atoms with Gasteiger partial charge in [0.1, 0.15) is 0 Å². The molecule has 0 unspecified atom stereocenters. The summed E-state index contributed by atoms with van der Waals surface area (Å²) in [6.07, 6.45) is 4.78. The number of unbranched alkanes of at least 4 members (excludes halogenated alkanes) is 1. The minimum atomic E-state index is -3.63. The predicted molar refractivity (Wildman–Crippen MR) is 118 cm³/mol. The molecule has 2 N–H and O–H groups in total. The van der Waals surface area contributed by atoms with E-state index in [1.807, 2.05) is 39.8 Å². The van der Waals surface area contributed by atoms with Gasteiger partial charge in [-0.05, 0) is 57.6 Å². The van der Waals surface area contributed by atoms with Crippen LogP contribution >= 0.6 is 0 Å². The molecule has 1 atom stereocenters. The third-order valence-electron chi connectivity index (χ3n) is 5.53. The number of hydrogen-bond donors (Lipinski definition) is 2. The lowest BCUT2D eigenvalue weighted by molar-refractivity contribution is -0.139. The van der Waals surface area contributed by atoms with E-state index in [0.717, 1.165) is 48.8 Å². The van der Waals surface area contributed by atoms with Crippen LogP contribution in [0.3, 0.4) is 0 Å². The first-order chi connectivity index (χ1) is 14.2. The Morgan fingerprint density at radius 2 is 1.63 bits per heavy atom. The molecule has 0 aromatic heterocycles. The molecule has 7 nitrogen and oxygen atoms in total. The highest BCUT2D eigenvalue weighted by Gasteiger charge is 2.35. The number of aryl methyl sites for hydroxylation is 3. The van der Waals surface area contributed by atoms with Crippen LogP contribution in [-0.2, 0) is 19.6 Å². The van der Waals surface area contributed by atoms with Crippen molar-refractivity contribution in [1.29, 1.82) is 0 Å². The first-order valence-electron chi connectivity index (χ1n) is 10.8. The quantitative estimate of drug-likeness (QED) is 0.483. The molecular weight excluding hydrogens is 402 g/mol. The Labute approximate surface area is 180 Å². The standard InChI is InChI=1S/C22H35N3O4S/c1-5-6-11-23-21(26)22(27)24-12-10-19-9-7-8-13-25(19)30(28,29)20-17(3)14-16(2)15-18(20)4/h14-15,19H,5-13H2,1-4H3,(H,23,26)(H,24,27)/t19-/m0/s1. The van der Waals surface area contributed by atoms with Crippen LogP contribution in [0.15, 0.2) is 17.0 Å². The molecule has 0 radical (unpaired) electrons. The second kappa shape index (κ2) is 10.9. The summed E-state index contributed by atoms with van der Waals surface area (Å²) in [7, 11) is -3.63. The van der Waals surface area contributed by atoms with Gasteiger partial charge >= 0.3 is 11.8 Å². The minimum absolute atomic E-state index is 0.188. The van der Waals surface area contributed by atoms with Crippen LogP contribution in [0.1, 0.15) is 62.1 Å². The van der Waals surface area contributed by atoms with E-state index < -0.39 is 21.8 Å². The van der Waals surface area contributed by atoms with Gasteiger partial charge in [-0.25, -0.2) is 8.42 Å². The highest BCUT2D eigenvalue weighted by Crippen LogP contribution is 2.31. The first kappa shape index (κ1) is 24.3. The lowest BCUT2D eigenvalue weighted by atomic mass is 10.0. The Bertz CT molecular complexity index is 844. The Kier molecular flexibility index (Phi) is 8.85. The average Bonchev–Trinajstić information content (AvgIpc) is 2.67. The molecule has 1 aliphatic heterocycles. The number of amides is 2. The van der Waals surface area contributed by atoms with E-state index in [1.54, 1.807) is 4.31 Å². The largest absolute Gasteiger partial charge is 0.348 e. The topological polar surface area (TPSA) is 95.6 Å². The van der Waals surface area contributed by atoms with Crippen molar-refractivity contribution in [2.45, 2.75) is 77.2 Å². The zero-order chi connectivity index (χ0) is 22.3. The summed E-state index contributed by atoms with van der Waals surface area (Å²) in [5, 5.41) is 5.21. The summed E-state index contributed by atoms with van der Waals surface area (Å²) >= 11 is 0. The third kappa shape index (κ3) is 6.04. The molecule has 8 heteroatoms. The number of hydrogen-bond acceptors (Lipinski definition) is 4. The van der Waals surface area contributed by atoms with Crippen LogP contribution in [0.5, 0.6) is 0 Å². The number of sulfonamides is 1. The fourth-order valence-corrected chi connectivity index (χ4v) is 6.30. The van der Waals surface area contributed by atoms with E-state index in [1.165, 1.54) is 0 Å². The summed E-state index contributed by atoms with van der Waals surface area (Å²) in [4.78, 5) is 24.1. The molecule has 0 saturated carbocycles. The van der Waals surface area contributed by atoms with E-state index in [2.05, 4.69) is 10.6 Å². The summed E-state index contributed by atoms with van der Waals surface area (Å²) < 4.78 is 28.5. The highest BCUT2D eigenvalue weighted by molar-refractivity contribution is 7.89. The summed E-state index contributed by atoms with van der Waals surface area (Å²) in [5.74, 6) is -1.30. The Hall–Kier alpha value is -1.93. The van der Waals surface area contributed by atoms with Crippen molar-refractivity contribution in [3.63, 3.8) is 0 Å². The minimum Gasteiger partial charge on any atom is -0.348 e. The van der Waals surface area contributed by atoms with E-state index in [9.17, 15) is 18.0 Å². The van der Waals surface area contributed by atoms with Crippen molar-refractivity contribution < 1.29 is 18.0 Å². The van der Waals surface area contributed by atoms with Crippen LogP contribution in [0.2, 0.25) is 0 Å². The van der Waals surface area contributed by atoms with E-state index >= 15 is 0 Å². The Morgan fingerprint density at radius 3 is 2.23 bits per heavy atom. The number of carbonyl (C=O) groups is 2. The summed E-state index contributed by atoms with van der Waals surface area (Å²) in [6.45, 7) is 8.86. The second-order valence-corrected chi connectivity index (χ2v) is 9.97. The van der Waals surface area contributed by atoms with Gasteiger partial charge in [0, 0.05) is 25.7 Å². The van der Waals surface area contributed by atoms with E-state index in [-0.39, 0.29) is 12.6 Å². The number of benzene rings is 1. The maximum Gasteiger partial charge on any atom is 0.309 e. The molecule has 1 saturated heterocycles. The Balaban J connectivity index is 2.05. The fraction of sp³-hybridized carbons (Fsp3) is 0.636. The van der Waals surface area contributed by atoms with Gasteiger partial charge in [-0.3, -0.25) is 9.59 Å². The van der Waals surface area contributed by atoms with E-state index in [4.69, 9.17) is 0 Å². The molecule has 2 amide bonds. The maximum atomic E-state index is 13.5. The highest BCUT2D eigenvalue weighted by atomic mass is 32.2. The molecule has 1 aliphatic rings. The maximum absolute atomic E-state index is 13.5. The molecule has 1 fully saturated rings. The molecule has 0 spiro atoms. The number of carbonyl (C=O) groups excluding carboxylic acids is 2. The molecule has 0 bridgehead atoms. The number of piperidine rings is 1. The number of nitrogens with zero attached hydrogens (tertiary/aromatic N) is 1. The number of nitrogens with one attached hydrogen (secondary N) is 2. The van der Waals surface area contributed by atoms with Crippen molar-refractivity contribution in [2.24, 2.45) is 0 Å². The van der Waals surface area contributed by atoms with Crippen LogP contribution < -0.4 is 10.6 Å². The molecule has 2 rings (SSSR count). The second-order valence-electron chi connectivity index (χ2n) is 8.15. The zero-order valence-electron chi connectivity index (χ0n) is 18.6. The van der Waals surface area contributed by atoms with Crippen LogP contribution in [-0.4, -0.2) is 50.2 Å². The smallest absolute Gasteiger partial charge is 0.309 e. The van der Waals surface area contributed by atoms with Crippen LogP contribution in [0.25, 0.3) is 0 Å². The lowest BCUT2D eigenvalue weighted by Crippen LogP contribution is -2.46. The van der Waals surface area contributed by atoms with Crippen LogP contribution in [0.4, 0.5) is 0 Å². The molecule has 0 aliphatic carbocycles. The van der Waals surface area contributed by atoms with Gasteiger partial charge in [0.25, 0.3) is 0 Å². The van der Waals surface area contributed by atoms with Gasteiger partial charge in [-0.2, -0.15) is 4.31 Å². The first-order valence-corrected chi connectivity index (χ1v) is 12.3. The molecular formula is C22H35N3O4S. The van der Waals surface area contributed by atoms with Gasteiger partial charge < -0.3 is 10.6 Å². The molecule has 30 heavy (non-hydrogen) atoms. The summed E-state index contributed by atoms with van der Waals surface area (Å²) in [5.41, 5.74) is 2.56. The van der Waals surface area contributed by atoms with Gasteiger partial charge in [0.2, 0.25) is 10.0 Å². The fourth-order valence-electron chi connectivity index (χ4n) is 4.16. The predicted octanol–water partition coefficient (Wildman–Crippen LogP) is 2.58. The molecule has 1 aromatic carbocycles. The molecule has 1 heterocycles. The summed E-state index contributed by atoms with van der Waals surface area (Å²) in [6, 6.07) is 3.61. The van der Waals surface area contributed by atoms with E-state index in [0.29, 0.717) is 24.4 Å².